The molecule has 0 aromatic heterocycles. The smallest absolute Gasteiger partial charge is 0.235 e. The van der Waals surface area contributed by atoms with Crippen LogP contribution in [-0.4, -0.2) is 11.8 Å². The predicted molar refractivity (Wildman–Crippen MR) is 60.3 cm³/mol. The number of rotatable bonds is 1. The van der Waals surface area contributed by atoms with E-state index in [4.69, 9.17) is 0 Å². The first kappa shape index (κ1) is 10.9. The Morgan fingerprint density at radius 3 is 2.88 bits per heavy atom. The highest BCUT2D eigenvalue weighted by Crippen LogP contribution is 2.33. The Kier molecular flexibility index (Phi) is 2.80. The van der Waals surface area contributed by atoms with Crippen molar-refractivity contribution in [3.63, 3.8) is 0 Å². The van der Waals surface area contributed by atoms with Crippen molar-refractivity contribution in [2.24, 2.45) is 17.8 Å². The Morgan fingerprint density at radius 2 is 2.19 bits per heavy atom. The molecule has 0 aromatic rings. The third-order valence-corrected chi connectivity index (χ3v) is 2.87. The third-order valence-electron chi connectivity index (χ3n) is 2.87. The number of allylic oxidation sites excluding steroid dienone is 2. The highest BCUT2D eigenvalue weighted by atomic mass is 16.2. The van der Waals surface area contributed by atoms with Crippen molar-refractivity contribution >= 4 is 11.8 Å². The first-order valence-electron chi connectivity index (χ1n) is 5.57. The van der Waals surface area contributed by atoms with E-state index in [0.717, 1.165) is 5.57 Å². The SMILES string of the molecule is CC(C)C=C=C1C=CCC2C(=O)NC(=O)C12. The van der Waals surface area contributed by atoms with Crippen LogP contribution >= 0.6 is 0 Å². The average Bonchev–Trinajstić information content (AvgIpc) is 2.52. The van der Waals surface area contributed by atoms with Crippen molar-refractivity contribution in [2.75, 3.05) is 0 Å². The summed E-state index contributed by atoms with van der Waals surface area (Å²) in [6.07, 6.45) is 6.42. The van der Waals surface area contributed by atoms with Crippen LogP contribution in [0.5, 0.6) is 0 Å². The third kappa shape index (κ3) is 1.86. The topological polar surface area (TPSA) is 46.2 Å². The van der Waals surface area contributed by atoms with Gasteiger partial charge in [-0.25, -0.2) is 0 Å². The van der Waals surface area contributed by atoms with Crippen LogP contribution in [0.1, 0.15) is 20.3 Å². The van der Waals surface area contributed by atoms with Gasteiger partial charge in [0.2, 0.25) is 11.8 Å². The fourth-order valence-electron chi connectivity index (χ4n) is 2.07. The molecule has 1 aliphatic heterocycles. The zero-order chi connectivity index (χ0) is 11.7. The number of nitrogens with one attached hydrogen (secondary N) is 1. The Labute approximate surface area is 94.9 Å². The molecule has 1 saturated heterocycles. The second-order valence-corrected chi connectivity index (χ2v) is 4.59. The van der Waals surface area contributed by atoms with Gasteiger partial charge in [0.25, 0.3) is 0 Å². The van der Waals surface area contributed by atoms with E-state index >= 15 is 0 Å². The maximum Gasteiger partial charge on any atom is 0.235 e. The van der Waals surface area contributed by atoms with E-state index < -0.39 is 0 Å². The molecule has 16 heavy (non-hydrogen) atoms. The average molecular weight is 217 g/mol. The summed E-state index contributed by atoms with van der Waals surface area (Å²) in [7, 11) is 0. The van der Waals surface area contributed by atoms with Gasteiger partial charge < -0.3 is 0 Å². The van der Waals surface area contributed by atoms with Crippen LogP contribution in [-0.2, 0) is 9.59 Å². The van der Waals surface area contributed by atoms with Crippen LogP contribution in [0.2, 0.25) is 0 Å². The van der Waals surface area contributed by atoms with Gasteiger partial charge in [-0.05, 0) is 18.4 Å². The van der Waals surface area contributed by atoms with Crippen molar-refractivity contribution in [1.82, 2.24) is 5.32 Å². The molecule has 1 aliphatic carbocycles. The molecule has 1 fully saturated rings. The highest BCUT2D eigenvalue weighted by molar-refractivity contribution is 6.07. The molecule has 2 aliphatic rings. The minimum atomic E-state index is -0.326. The first-order chi connectivity index (χ1) is 7.59. The molecule has 84 valence electrons. The first-order valence-corrected chi connectivity index (χ1v) is 5.57. The molecular weight excluding hydrogens is 202 g/mol. The van der Waals surface area contributed by atoms with Gasteiger partial charge in [-0.2, -0.15) is 0 Å². The Balaban J connectivity index is 2.37. The zero-order valence-electron chi connectivity index (χ0n) is 9.49. The van der Waals surface area contributed by atoms with E-state index in [2.05, 4.69) is 24.9 Å². The van der Waals surface area contributed by atoms with Crippen LogP contribution in [0.15, 0.2) is 29.5 Å². The lowest BCUT2D eigenvalue weighted by molar-refractivity contribution is -0.125. The van der Waals surface area contributed by atoms with Crippen LogP contribution in [0.25, 0.3) is 0 Å². The van der Waals surface area contributed by atoms with Crippen molar-refractivity contribution in [3.05, 3.63) is 29.5 Å². The van der Waals surface area contributed by atoms with Gasteiger partial charge in [-0.15, -0.1) is 5.73 Å². The quantitative estimate of drug-likeness (QED) is 0.535. The molecule has 0 spiro atoms. The zero-order valence-corrected chi connectivity index (χ0v) is 9.49. The van der Waals surface area contributed by atoms with Gasteiger partial charge in [0.1, 0.15) is 0 Å². The van der Waals surface area contributed by atoms with Crippen LogP contribution in [0, 0.1) is 17.8 Å². The van der Waals surface area contributed by atoms with Crippen LogP contribution < -0.4 is 5.32 Å². The number of hydrogen-bond donors (Lipinski definition) is 1. The molecule has 0 saturated carbocycles. The van der Waals surface area contributed by atoms with E-state index in [1.54, 1.807) is 0 Å². The van der Waals surface area contributed by atoms with E-state index in [1.165, 1.54) is 0 Å². The molecule has 0 aromatic carbocycles. The summed E-state index contributed by atoms with van der Waals surface area (Å²) < 4.78 is 0. The van der Waals surface area contributed by atoms with Gasteiger partial charge in [-0.3, -0.25) is 14.9 Å². The van der Waals surface area contributed by atoms with Crippen LogP contribution in [0.3, 0.4) is 0 Å². The second-order valence-electron chi connectivity index (χ2n) is 4.59. The summed E-state index contributed by atoms with van der Waals surface area (Å²) in [4.78, 5) is 23.1. The van der Waals surface area contributed by atoms with E-state index in [1.807, 2.05) is 18.2 Å². The van der Waals surface area contributed by atoms with Gasteiger partial charge >= 0.3 is 0 Å². The number of hydrogen-bond acceptors (Lipinski definition) is 2. The lowest BCUT2D eigenvalue weighted by Gasteiger charge is -2.17. The maximum absolute atomic E-state index is 11.6. The lowest BCUT2D eigenvalue weighted by Crippen LogP contribution is -2.22. The Bertz CT molecular complexity index is 425. The molecule has 2 atom stereocenters. The van der Waals surface area contributed by atoms with E-state index in [9.17, 15) is 9.59 Å². The Morgan fingerprint density at radius 1 is 1.44 bits per heavy atom. The number of carbonyl (C=O) groups excluding carboxylic acids is 2. The van der Waals surface area contributed by atoms with Crippen molar-refractivity contribution in [2.45, 2.75) is 20.3 Å². The molecule has 2 amide bonds. The summed E-state index contributed by atoms with van der Waals surface area (Å²) >= 11 is 0. The number of imide groups is 1. The minimum Gasteiger partial charge on any atom is -0.296 e. The van der Waals surface area contributed by atoms with Crippen LogP contribution in [0.4, 0.5) is 0 Å². The summed E-state index contributed by atoms with van der Waals surface area (Å²) in [5, 5.41) is 2.38. The molecule has 1 N–H and O–H groups in total. The molecule has 3 nitrogen and oxygen atoms in total. The van der Waals surface area contributed by atoms with Gasteiger partial charge in [-0.1, -0.05) is 26.0 Å². The number of carbonyl (C=O) groups is 2. The van der Waals surface area contributed by atoms with Crippen molar-refractivity contribution in [3.8, 4) is 0 Å². The standard InChI is InChI=1S/C13H15NO2/c1-8(2)6-7-9-4-3-5-10-11(9)13(16)14-12(10)15/h3-4,6,8,10-11H,5H2,1-2H3,(H,14,15,16). The van der Waals surface area contributed by atoms with Gasteiger partial charge in [0.05, 0.1) is 11.8 Å². The number of fused-ring (bicyclic) bond motifs is 1. The fourth-order valence-corrected chi connectivity index (χ4v) is 2.07. The van der Waals surface area contributed by atoms with Gasteiger partial charge in [0, 0.05) is 5.57 Å². The minimum absolute atomic E-state index is 0.150. The molecule has 0 bridgehead atoms. The second kappa shape index (κ2) is 4.11. The van der Waals surface area contributed by atoms with E-state index in [0.29, 0.717) is 12.3 Å². The van der Waals surface area contributed by atoms with Crippen molar-refractivity contribution in [1.29, 1.82) is 0 Å². The molecular formula is C13H15NO2. The summed E-state index contributed by atoms with van der Waals surface area (Å²) in [6.45, 7) is 4.11. The van der Waals surface area contributed by atoms with Crippen molar-refractivity contribution < 1.29 is 9.59 Å². The largest absolute Gasteiger partial charge is 0.296 e. The number of amides is 2. The van der Waals surface area contributed by atoms with E-state index in [-0.39, 0.29) is 23.7 Å². The monoisotopic (exact) mass is 217 g/mol. The molecule has 3 heteroatoms. The molecule has 1 heterocycles. The fraction of sp³-hybridized carbons (Fsp3) is 0.462. The Hall–Kier alpha value is -1.60. The summed E-state index contributed by atoms with van der Waals surface area (Å²) in [5.74, 6) is -0.489. The molecule has 0 radical (unpaired) electrons. The predicted octanol–water partition coefficient (Wildman–Crippen LogP) is 1.57. The lowest BCUT2D eigenvalue weighted by atomic mass is 9.81. The summed E-state index contributed by atoms with van der Waals surface area (Å²) in [5.41, 5.74) is 3.96. The normalized spacial score (nSPS) is 27.8. The highest BCUT2D eigenvalue weighted by Gasteiger charge is 2.43. The summed E-state index contributed by atoms with van der Waals surface area (Å²) in [6, 6.07) is 0. The maximum atomic E-state index is 11.6. The molecule has 2 unspecified atom stereocenters. The van der Waals surface area contributed by atoms with Gasteiger partial charge in [0.15, 0.2) is 0 Å². The molecule has 2 rings (SSSR count).